The smallest absolute Gasteiger partial charge is 0.267 e. The van der Waals surface area contributed by atoms with E-state index in [1.165, 1.54) is 30.5 Å². The predicted molar refractivity (Wildman–Crippen MR) is 79.8 cm³/mol. The molecule has 0 bridgehead atoms. The summed E-state index contributed by atoms with van der Waals surface area (Å²) < 4.78 is 12.8. The molecule has 0 aliphatic carbocycles. The van der Waals surface area contributed by atoms with Gasteiger partial charge < -0.3 is 10.6 Å². The van der Waals surface area contributed by atoms with Crippen molar-refractivity contribution < 1.29 is 14.0 Å². The van der Waals surface area contributed by atoms with Gasteiger partial charge in [-0.15, -0.1) is 0 Å². The summed E-state index contributed by atoms with van der Waals surface area (Å²) in [4.78, 5) is 28.5. The Labute approximate surface area is 127 Å². The maximum atomic E-state index is 12.8. The third-order valence-corrected chi connectivity index (χ3v) is 3.26. The van der Waals surface area contributed by atoms with Crippen molar-refractivity contribution in [1.82, 2.24) is 9.88 Å². The molecule has 0 unspecified atom stereocenters. The number of aromatic nitrogens is 1. The third-order valence-electron chi connectivity index (χ3n) is 3.26. The lowest BCUT2D eigenvalue weighted by Crippen LogP contribution is -2.29. The number of amides is 2. The highest BCUT2D eigenvalue weighted by molar-refractivity contribution is 5.95. The molecular formula is C16H16FN3O2. The largest absolute Gasteiger partial charge is 0.364 e. The minimum Gasteiger partial charge on any atom is -0.364 e. The van der Waals surface area contributed by atoms with Gasteiger partial charge in [0.15, 0.2) is 0 Å². The number of nitrogens with zero attached hydrogens (tertiary/aromatic N) is 2. The molecule has 6 heteroatoms. The van der Waals surface area contributed by atoms with Crippen LogP contribution in [0.15, 0.2) is 42.6 Å². The second-order valence-electron chi connectivity index (χ2n) is 4.90. The average Bonchev–Trinajstić information content (AvgIpc) is 2.53. The first kappa shape index (κ1) is 15.6. The van der Waals surface area contributed by atoms with E-state index in [9.17, 15) is 14.0 Å². The molecule has 1 aromatic heterocycles. The number of hydrogen-bond acceptors (Lipinski definition) is 3. The number of primary amides is 1. The van der Waals surface area contributed by atoms with E-state index in [2.05, 4.69) is 4.98 Å². The fraction of sp³-hybridized carbons (Fsp3) is 0.188. The number of hydrogen-bond donors (Lipinski definition) is 1. The van der Waals surface area contributed by atoms with Crippen molar-refractivity contribution >= 4 is 11.8 Å². The Hall–Kier alpha value is -2.76. The standard InChI is InChI=1S/C16H16FN3O2/c1-20(9-8-11-2-5-13(17)6-3-11)16(22)12-4-7-14(15(18)21)19-10-12/h2-7,10H,8-9H2,1H3,(H2,18,21). The third kappa shape index (κ3) is 3.88. The highest BCUT2D eigenvalue weighted by atomic mass is 19.1. The molecule has 0 atom stereocenters. The quantitative estimate of drug-likeness (QED) is 0.912. The van der Waals surface area contributed by atoms with Gasteiger partial charge in [0.2, 0.25) is 0 Å². The zero-order chi connectivity index (χ0) is 16.1. The maximum absolute atomic E-state index is 12.8. The number of pyridine rings is 1. The summed E-state index contributed by atoms with van der Waals surface area (Å²) in [7, 11) is 1.67. The van der Waals surface area contributed by atoms with E-state index in [-0.39, 0.29) is 17.4 Å². The SMILES string of the molecule is CN(CCc1ccc(F)cc1)C(=O)c1ccc(C(N)=O)nc1. The van der Waals surface area contributed by atoms with Gasteiger partial charge in [-0.2, -0.15) is 0 Å². The van der Waals surface area contributed by atoms with E-state index in [4.69, 9.17) is 5.73 Å². The molecule has 0 radical (unpaired) electrons. The van der Waals surface area contributed by atoms with E-state index in [1.807, 2.05) is 0 Å². The van der Waals surface area contributed by atoms with Crippen LogP contribution >= 0.6 is 0 Å². The summed E-state index contributed by atoms with van der Waals surface area (Å²) in [5.41, 5.74) is 6.54. The van der Waals surface area contributed by atoms with E-state index in [0.29, 0.717) is 18.5 Å². The Balaban J connectivity index is 1.96. The number of nitrogens with two attached hydrogens (primary N) is 1. The first-order chi connectivity index (χ1) is 10.5. The molecule has 1 aromatic carbocycles. The minimum atomic E-state index is -0.635. The normalized spacial score (nSPS) is 10.3. The van der Waals surface area contributed by atoms with Crippen LogP contribution in [0.1, 0.15) is 26.4 Å². The summed E-state index contributed by atoms with van der Waals surface area (Å²) in [6, 6.07) is 9.11. The first-order valence-electron chi connectivity index (χ1n) is 6.73. The number of likely N-dealkylation sites (N-methyl/N-ethyl adjacent to an activating group) is 1. The summed E-state index contributed by atoms with van der Waals surface area (Å²) in [6.45, 7) is 0.488. The molecule has 0 aliphatic heterocycles. The molecule has 5 nitrogen and oxygen atoms in total. The monoisotopic (exact) mass is 301 g/mol. The van der Waals surface area contributed by atoms with Crippen LogP contribution in [0.2, 0.25) is 0 Å². The van der Waals surface area contributed by atoms with Crippen molar-refractivity contribution in [3.05, 3.63) is 65.2 Å². The van der Waals surface area contributed by atoms with Crippen molar-refractivity contribution in [1.29, 1.82) is 0 Å². The van der Waals surface area contributed by atoms with E-state index in [1.54, 1.807) is 24.1 Å². The Morgan fingerprint density at radius 2 is 1.86 bits per heavy atom. The highest BCUT2D eigenvalue weighted by Crippen LogP contribution is 2.07. The van der Waals surface area contributed by atoms with Crippen LogP contribution in [-0.2, 0) is 6.42 Å². The first-order valence-corrected chi connectivity index (χ1v) is 6.73. The lowest BCUT2D eigenvalue weighted by Gasteiger charge is -2.17. The zero-order valence-electron chi connectivity index (χ0n) is 12.1. The van der Waals surface area contributed by atoms with Gasteiger partial charge in [0, 0.05) is 19.8 Å². The van der Waals surface area contributed by atoms with Crippen LogP contribution in [0.25, 0.3) is 0 Å². The lowest BCUT2D eigenvalue weighted by atomic mass is 10.1. The van der Waals surface area contributed by atoms with Gasteiger partial charge in [0.25, 0.3) is 11.8 Å². The fourth-order valence-corrected chi connectivity index (χ4v) is 1.94. The van der Waals surface area contributed by atoms with Crippen LogP contribution < -0.4 is 5.73 Å². The maximum Gasteiger partial charge on any atom is 0.267 e. The molecule has 2 amide bonds. The second kappa shape index (κ2) is 6.80. The summed E-state index contributed by atoms with van der Waals surface area (Å²) in [6.07, 6.45) is 1.95. The molecule has 1 heterocycles. The van der Waals surface area contributed by atoms with Crippen LogP contribution in [0.5, 0.6) is 0 Å². The number of benzene rings is 1. The molecule has 0 saturated heterocycles. The molecule has 22 heavy (non-hydrogen) atoms. The van der Waals surface area contributed by atoms with Crippen molar-refractivity contribution in [3.8, 4) is 0 Å². The molecule has 114 valence electrons. The number of carbonyl (C=O) groups excluding carboxylic acids is 2. The molecular weight excluding hydrogens is 285 g/mol. The Morgan fingerprint density at radius 3 is 2.41 bits per heavy atom. The molecule has 2 rings (SSSR count). The number of halogens is 1. The van der Waals surface area contributed by atoms with Crippen molar-refractivity contribution in [2.24, 2.45) is 5.73 Å². The molecule has 0 aliphatic rings. The van der Waals surface area contributed by atoms with E-state index in [0.717, 1.165) is 5.56 Å². The number of carbonyl (C=O) groups is 2. The van der Waals surface area contributed by atoms with Gasteiger partial charge in [-0.3, -0.25) is 14.6 Å². The van der Waals surface area contributed by atoms with Crippen molar-refractivity contribution in [2.45, 2.75) is 6.42 Å². The topological polar surface area (TPSA) is 76.3 Å². The van der Waals surface area contributed by atoms with Crippen molar-refractivity contribution in [3.63, 3.8) is 0 Å². The molecule has 2 N–H and O–H groups in total. The minimum absolute atomic E-state index is 0.116. The van der Waals surface area contributed by atoms with Crippen LogP contribution in [0.3, 0.4) is 0 Å². The molecule has 0 fully saturated rings. The van der Waals surface area contributed by atoms with Gasteiger partial charge in [-0.25, -0.2) is 4.39 Å². The summed E-state index contributed by atoms with van der Waals surface area (Å²) >= 11 is 0. The Kier molecular flexibility index (Phi) is 4.83. The second-order valence-corrected chi connectivity index (χ2v) is 4.90. The number of rotatable bonds is 5. The van der Waals surface area contributed by atoms with Crippen LogP contribution in [-0.4, -0.2) is 35.3 Å². The fourth-order valence-electron chi connectivity index (χ4n) is 1.94. The van der Waals surface area contributed by atoms with Gasteiger partial charge in [-0.1, -0.05) is 12.1 Å². The molecule has 0 saturated carbocycles. The summed E-state index contributed by atoms with van der Waals surface area (Å²) in [5.74, 6) is -1.12. The van der Waals surface area contributed by atoms with Crippen LogP contribution in [0.4, 0.5) is 4.39 Å². The van der Waals surface area contributed by atoms with Gasteiger partial charge in [0.05, 0.1) is 5.56 Å². The van der Waals surface area contributed by atoms with E-state index >= 15 is 0 Å². The Bertz CT molecular complexity index is 669. The van der Waals surface area contributed by atoms with E-state index < -0.39 is 5.91 Å². The van der Waals surface area contributed by atoms with Crippen LogP contribution in [0, 0.1) is 5.82 Å². The van der Waals surface area contributed by atoms with Crippen molar-refractivity contribution in [2.75, 3.05) is 13.6 Å². The van der Waals surface area contributed by atoms with Gasteiger partial charge in [0.1, 0.15) is 11.5 Å². The van der Waals surface area contributed by atoms with Gasteiger partial charge >= 0.3 is 0 Å². The highest BCUT2D eigenvalue weighted by Gasteiger charge is 2.13. The predicted octanol–water partition coefficient (Wildman–Crippen LogP) is 1.63. The molecule has 0 spiro atoms. The summed E-state index contributed by atoms with van der Waals surface area (Å²) in [5, 5.41) is 0. The average molecular weight is 301 g/mol. The lowest BCUT2D eigenvalue weighted by molar-refractivity contribution is 0.0795. The molecule has 2 aromatic rings. The zero-order valence-corrected chi connectivity index (χ0v) is 12.1. The van der Waals surface area contributed by atoms with Gasteiger partial charge in [-0.05, 0) is 36.2 Å². The Morgan fingerprint density at radius 1 is 1.18 bits per heavy atom.